The standard InChI is InChI=1S/C21H15N5O2/c1-12-3-2-4-18-20(12)21(16-7-6-15(26(27)28)10-19(16)24-18)23-14-5-8-17-13(9-14)11-22-25-17/h2-11H,1H3,(H,22,25)(H,23,24). The molecule has 0 fully saturated rings. The number of nitrogens with one attached hydrogen (secondary N) is 2. The van der Waals surface area contributed by atoms with Gasteiger partial charge in [-0.3, -0.25) is 15.2 Å². The number of H-pyrrole nitrogens is 1. The lowest BCUT2D eigenvalue weighted by Crippen LogP contribution is -1.97. The summed E-state index contributed by atoms with van der Waals surface area (Å²) in [6.45, 7) is 2.03. The second-order valence-corrected chi connectivity index (χ2v) is 6.71. The van der Waals surface area contributed by atoms with Gasteiger partial charge >= 0.3 is 0 Å². The van der Waals surface area contributed by atoms with Crippen LogP contribution in [0.15, 0.2) is 60.8 Å². The highest BCUT2D eigenvalue weighted by Crippen LogP contribution is 2.36. The van der Waals surface area contributed by atoms with Crippen LogP contribution in [-0.2, 0) is 0 Å². The van der Waals surface area contributed by atoms with Crippen LogP contribution < -0.4 is 5.32 Å². The SMILES string of the molecule is Cc1cccc2nc3cc([N+](=O)[O-])ccc3c(Nc3ccc4[nH]ncc4c3)c12. The number of nitro groups is 1. The van der Waals surface area contributed by atoms with Crippen LogP contribution in [0.5, 0.6) is 0 Å². The van der Waals surface area contributed by atoms with Crippen LogP contribution in [0.2, 0.25) is 0 Å². The molecular weight excluding hydrogens is 354 g/mol. The number of non-ortho nitro benzene ring substituents is 1. The topological polar surface area (TPSA) is 96.7 Å². The predicted octanol–water partition coefficient (Wildman–Crippen LogP) is 5.22. The molecule has 0 aliphatic rings. The van der Waals surface area contributed by atoms with E-state index in [0.29, 0.717) is 5.52 Å². The normalized spacial score (nSPS) is 11.3. The molecule has 5 aromatic rings. The van der Waals surface area contributed by atoms with Gasteiger partial charge in [-0.25, -0.2) is 4.98 Å². The van der Waals surface area contributed by atoms with Crippen molar-refractivity contribution in [3.8, 4) is 0 Å². The highest BCUT2D eigenvalue weighted by molar-refractivity contribution is 6.10. The number of nitrogens with zero attached hydrogens (tertiary/aromatic N) is 3. The Hall–Kier alpha value is -4.00. The maximum atomic E-state index is 11.2. The van der Waals surface area contributed by atoms with Crippen molar-refractivity contribution in [3.63, 3.8) is 0 Å². The molecule has 2 N–H and O–H groups in total. The van der Waals surface area contributed by atoms with E-state index in [1.807, 2.05) is 43.3 Å². The molecule has 28 heavy (non-hydrogen) atoms. The maximum Gasteiger partial charge on any atom is 0.271 e. The fourth-order valence-electron chi connectivity index (χ4n) is 3.57. The number of hydrogen-bond acceptors (Lipinski definition) is 5. The van der Waals surface area contributed by atoms with Gasteiger partial charge in [0.2, 0.25) is 0 Å². The molecule has 136 valence electrons. The van der Waals surface area contributed by atoms with E-state index in [4.69, 9.17) is 0 Å². The maximum absolute atomic E-state index is 11.2. The lowest BCUT2D eigenvalue weighted by atomic mass is 10.0. The van der Waals surface area contributed by atoms with E-state index in [1.165, 1.54) is 12.1 Å². The fourth-order valence-corrected chi connectivity index (χ4v) is 3.57. The Morgan fingerprint density at radius 1 is 1.07 bits per heavy atom. The summed E-state index contributed by atoms with van der Waals surface area (Å²) in [5.41, 5.74) is 5.23. The quantitative estimate of drug-likeness (QED) is 0.258. The summed E-state index contributed by atoms with van der Waals surface area (Å²) in [4.78, 5) is 15.5. The van der Waals surface area contributed by atoms with Crippen molar-refractivity contribution in [2.24, 2.45) is 0 Å². The Labute approximate surface area is 159 Å². The van der Waals surface area contributed by atoms with Gasteiger partial charge < -0.3 is 5.32 Å². The van der Waals surface area contributed by atoms with Gasteiger partial charge in [-0.1, -0.05) is 12.1 Å². The first kappa shape index (κ1) is 16.2. The number of anilines is 2. The Kier molecular flexibility index (Phi) is 3.48. The number of pyridine rings is 1. The minimum atomic E-state index is -0.401. The van der Waals surface area contributed by atoms with Crippen molar-refractivity contribution in [3.05, 3.63) is 76.5 Å². The molecule has 5 rings (SSSR count). The molecule has 0 saturated heterocycles. The first-order valence-electron chi connectivity index (χ1n) is 8.78. The summed E-state index contributed by atoms with van der Waals surface area (Å²) in [5.74, 6) is 0. The Morgan fingerprint density at radius 3 is 2.82 bits per heavy atom. The number of hydrogen-bond donors (Lipinski definition) is 2. The molecule has 2 aromatic heterocycles. The molecule has 0 amide bonds. The molecule has 7 heteroatoms. The van der Waals surface area contributed by atoms with Crippen LogP contribution in [0.25, 0.3) is 32.7 Å². The minimum absolute atomic E-state index is 0.0257. The van der Waals surface area contributed by atoms with Gasteiger partial charge in [-0.2, -0.15) is 5.10 Å². The summed E-state index contributed by atoms with van der Waals surface area (Å²) in [6.07, 6.45) is 1.78. The van der Waals surface area contributed by atoms with Crippen molar-refractivity contribution in [1.29, 1.82) is 0 Å². The summed E-state index contributed by atoms with van der Waals surface area (Å²) in [6, 6.07) is 16.6. The second-order valence-electron chi connectivity index (χ2n) is 6.71. The van der Waals surface area contributed by atoms with Crippen LogP contribution in [0.1, 0.15) is 5.56 Å². The van der Waals surface area contributed by atoms with Gasteiger partial charge in [-0.15, -0.1) is 0 Å². The van der Waals surface area contributed by atoms with Crippen molar-refractivity contribution >= 4 is 49.8 Å². The van der Waals surface area contributed by atoms with E-state index in [9.17, 15) is 10.1 Å². The largest absolute Gasteiger partial charge is 0.354 e. The molecular formula is C21H15N5O2. The van der Waals surface area contributed by atoms with Gasteiger partial charge in [0.25, 0.3) is 5.69 Å². The zero-order valence-electron chi connectivity index (χ0n) is 14.9. The number of fused-ring (bicyclic) bond motifs is 3. The Balaban J connectivity index is 1.78. The van der Waals surface area contributed by atoms with Gasteiger partial charge in [-0.05, 0) is 42.8 Å². The van der Waals surface area contributed by atoms with Crippen molar-refractivity contribution in [2.45, 2.75) is 6.92 Å². The van der Waals surface area contributed by atoms with Crippen LogP contribution in [0.4, 0.5) is 17.1 Å². The molecule has 2 heterocycles. The van der Waals surface area contributed by atoms with E-state index in [2.05, 4.69) is 20.5 Å². The number of aromatic amines is 1. The van der Waals surface area contributed by atoms with Gasteiger partial charge in [0, 0.05) is 34.0 Å². The fraction of sp³-hybridized carbons (Fsp3) is 0.0476. The zero-order chi connectivity index (χ0) is 19.3. The number of aryl methyl sites for hydroxylation is 1. The first-order chi connectivity index (χ1) is 13.6. The van der Waals surface area contributed by atoms with E-state index >= 15 is 0 Å². The van der Waals surface area contributed by atoms with Crippen LogP contribution in [-0.4, -0.2) is 20.1 Å². The summed E-state index contributed by atoms with van der Waals surface area (Å²) >= 11 is 0. The van der Waals surface area contributed by atoms with Crippen molar-refractivity contribution in [2.75, 3.05) is 5.32 Å². The number of rotatable bonds is 3. The monoisotopic (exact) mass is 369 g/mol. The third kappa shape index (κ3) is 2.52. The number of nitro benzene ring substituents is 1. The lowest BCUT2D eigenvalue weighted by Gasteiger charge is -2.15. The zero-order valence-corrected chi connectivity index (χ0v) is 14.9. The van der Waals surface area contributed by atoms with Crippen LogP contribution in [0.3, 0.4) is 0 Å². The molecule has 0 radical (unpaired) electrons. The van der Waals surface area contributed by atoms with Crippen molar-refractivity contribution < 1.29 is 4.92 Å². The number of aromatic nitrogens is 3. The molecule has 0 atom stereocenters. The molecule has 0 unspecified atom stereocenters. The highest BCUT2D eigenvalue weighted by Gasteiger charge is 2.15. The average molecular weight is 369 g/mol. The van der Waals surface area contributed by atoms with Gasteiger partial charge in [0.05, 0.1) is 33.4 Å². The molecule has 0 saturated carbocycles. The smallest absolute Gasteiger partial charge is 0.271 e. The number of benzene rings is 3. The van der Waals surface area contributed by atoms with Crippen molar-refractivity contribution in [1.82, 2.24) is 15.2 Å². The summed E-state index contributed by atoms with van der Waals surface area (Å²) in [7, 11) is 0. The molecule has 0 aliphatic carbocycles. The van der Waals surface area contributed by atoms with E-state index in [-0.39, 0.29) is 5.69 Å². The summed E-state index contributed by atoms with van der Waals surface area (Å²) in [5, 5.41) is 24.5. The van der Waals surface area contributed by atoms with E-state index in [0.717, 1.165) is 44.1 Å². The third-order valence-electron chi connectivity index (χ3n) is 4.91. The average Bonchev–Trinajstić information content (AvgIpc) is 3.15. The van der Waals surface area contributed by atoms with Gasteiger partial charge in [0.1, 0.15) is 0 Å². The minimum Gasteiger partial charge on any atom is -0.354 e. The molecule has 0 bridgehead atoms. The molecule has 0 spiro atoms. The first-order valence-corrected chi connectivity index (χ1v) is 8.78. The Bertz CT molecular complexity index is 1390. The molecule has 7 nitrogen and oxygen atoms in total. The van der Waals surface area contributed by atoms with Crippen LogP contribution >= 0.6 is 0 Å². The van der Waals surface area contributed by atoms with E-state index in [1.54, 1.807) is 12.3 Å². The second kappa shape index (κ2) is 6.02. The predicted molar refractivity (Wildman–Crippen MR) is 110 cm³/mol. The summed E-state index contributed by atoms with van der Waals surface area (Å²) < 4.78 is 0. The van der Waals surface area contributed by atoms with Gasteiger partial charge in [0.15, 0.2) is 0 Å². The van der Waals surface area contributed by atoms with Crippen LogP contribution in [0, 0.1) is 17.0 Å². The highest BCUT2D eigenvalue weighted by atomic mass is 16.6. The molecule has 3 aromatic carbocycles. The molecule has 0 aliphatic heterocycles. The van der Waals surface area contributed by atoms with E-state index < -0.39 is 4.92 Å². The lowest BCUT2D eigenvalue weighted by molar-refractivity contribution is -0.384. The Morgan fingerprint density at radius 2 is 1.96 bits per heavy atom. The third-order valence-corrected chi connectivity index (χ3v) is 4.91.